The normalized spacial score (nSPS) is 13.6. The van der Waals surface area contributed by atoms with Gasteiger partial charge in [-0.15, -0.1) is 0 Å². The molecule has 21 heavy (non-hydrogen) atoms. The first kappa shape index (κ1) is 13.8. The number of carbonyl (C=O) groups is 1. The number of ketones is 1. The smallest absolute Gasteiger partial charge is 0.195 e. The lowest BCUT2D eigenvalue weighted by atomic mass is 9.89. The summed E-state index contributed by atoms with van der Waals surface area (Å²) < 4.78 is 19.0. The fraction of sp³-hybridized carbons (Fsp3) is 0.278. The standard InChI is InChI=1S/C18H17FO2/c1-21-15-8-9-16(17(19)11-15)18(20)14-7-6-12-4-2-3-5-13(12)10-14/h6-11H,2-5H2,1H3. The topological polar surface area (TPSA) is 26.3 Å². The van der Waals surface area contributed by atoms with Gasteiger partial charge in [-0.2, -0.15) is 0 Å². The summed E-state index contributed by atoms with van der Waals surface area (Å²) in [6.07, 6.45) is 4.43. The molecule has 0 saturated carbocycles. The number of benzene rings is 2. The van der Waals surface area contributed by atoms with E-state index in [1.54, 1.807) is 12.1 Å². The first-order chi connectivity index (χ1) is 10.2. The molecule has 0 N–H and O–H groups in total. The summed E-state index contributed by atoms with van der Waals surface area (Å²) in [5, 5.41) is 0. The number of aryl methyl sites for hydroxylation is 2. The Hall–Kier alpha value is -2.16. The molecule has 1 aliphatic rings. The molecular formula is C18H17FO2. The fourth-order valence-corrected chi connectivity index (χ4v) is 2.84. The number of fused-ring (bicyclic) bond motifs is 1. The maximum Gasteiger partial charge on any atom is 0.195 e. The van der Waals surface area contributed by atoms with Crippen LogP contribution in [0.15, 0.2) is 36.4 Å². The Morgan fingerprint density at radius 3 is 2.52 bits per heavy atom. The van der Waals surface area contributed by atoms with Crippen LogP contribution < -0.4 is 4.74 Å². The highest BCUT2D eigenvalue weighted by molar-refractivity contribution is 6.09. The molecule has 3 rings (SSSR count). The number of ether oxygens (including phenoxy) is 1. The fourth-order valence-electron chi connectivity index (χ4n) is 2.84. The van der Waals surface area contributed by atoms with Gasteiger partial charge in [0.15, 0.2) is 5.78 Å². The van der Waals surface area contributed by atoms with E-state index in [-0.39, 0.29) is 11.3 Å². The van der Waals surface area contributed by atoms with Crippen LogP contribution in [0.1, 0.15) is 39.9 Å². The van der Waals surface area contributed by atoms with E-state index in [9.17, 15) is 9.18 Å². The molecule has 3 heteroatoms. The Morgan fingerprint density at radius 2 is 1.81 bits per heavy atom. The van der Waals surface area contributed by atoms with Crippen LogP contribution in [0.3, 0.4) is 0 Å². The van der Waals surface area contributed by atoms with Crippen molar-refractivity contribution in [3.63, 3.8) is 0 Å². The van der Waals surface area contributed by atoms with Gasteiger partial charge in [0.2, 0.25) is 0 Å². The summed E-state index contributed by atoms with van der Waals surface area (Å²) >= 11 is 0. The number of carbonyl (C=O) groups excluding carboxylic acids is 1. The lowest BCUT2D eigenvalue weighted by Gasteiger charge is -2.16. The Labute approximate surface area is 123 Å². The minimum absolute atomic E-state index is 0.0894. The summed E-state index contributed by atoms with van der Waals surface area (Å²) in [4.78, 5) is 12.5. The molecule has 108 valence electrons. The Morgan fingerprint density at radius 1 is 1.05 bits per heavy atom. The maximum absolute atomic E-state index is 14.0. The van der Waals surface area contributed by atoms with Gasteiger partial charge in [-0.25, -0.2) is 4.39 Å². The average molecular weight is 284 g/mol. The summed E-state index contributed by atoms with van der Waals surface area (Å²) in [5.41, 5.74) is 3.18. The van der Waals surface area contributed by atoms with Crippen molar-refractivity contribution >= 4 is 5.78 Å². The first-order valence-corrected chi connectivity index (χ1v) is 7.19. The quantitative estimate of drug-likeness (QED) is 0.798. The van der Waals surface area contributed by atoms with Gasteiger partial charge >= 0.3 is 0 Å². The molecule has 0 spiro atoms. The molecule has 0 heterocycles. The molecule has 0 fully saturated rings. The highest BCUT2D eigenvalue weighted by Gasteiger charge is 2.17. The molecular weight excluding hydrogens is 267 g/mol. The molecule has 0 bridgehead atoms. The van der Waals surface area contributed by atoms with Crippen molar-refractivity contribution in [2.75, 3.05) is 7.11 Å². The zero-order chi connectivity index (χ0) is 14.8. The third kappa shape index (κ3) is 2.68. The lowest BCUT2D eigenvalue weighted by molar-refractivity contribution is 0.103. The Kier molecular flexibility index (Phi) is 3.74. The first-order valence-electron chi connectivity index (χ1n) is 7.19. The van der Waals surface area contributed by atoms with Gasteiger partial charge in [0.05, 0.1) is 12.7 Å². The Bertz CT molecular complexity index is 692. The minimum Gasteiger partial charge on any atom is -0.497 e. The van der Waals surface area contributed by atoms with Crippen molar-refractivity contribution in [1.29, 1.82) is 0 Å². The molecule has 2 aromatic rings. The molecule has 1 aliphatic carbocycles. The van der Waals surface area contributed by atoms with Crippen LogP contribution in [0.2, 0.25) is 0 Å². The van der Waals surface area contributed by atoms with E-state index in [1.165, 1.54) is 36.8 Å². The van der Waals surface area contributed by atoms with Crippen molar-refractivity contribution in [2.24, 2.45) is 0 Å². The molecule has 0 radical (unpaired) electrons. The van der Waals surface area contributed by atoms with E-state index in [4.69, 9.17) is 4.74 Å². The molecule has 0 unspecified atom stereocenters. The van der Waals surface area contributed by atoms with Crippen LogP contribution in [0.25, 0.3) is 0 Å². The molecule has 2 aromatic carbocycles. The van der Waals surface area contributed by atoms with Crippen molar-refractivity contribution in [1.82, 2.24) is 0 Å². The predicted molar refractivity (Wildman–Crippen MR) is 79.5 cm³/mol. The summed E-state index contributed by atoms with van der Waals surface area (Å²) in [6.45, 7) is 0. The van der Waals surface area contributed by atoms with E-state index in [0.717, 1.165) is 19.3 Å². The largest absolute Gasteiger partial charge is 0.497 e. The van der Waals surface area contributed by atoms with Gasteiger partial charge in [-0.05, 0) is 55.0 Å². The lowest BCUT2D eigenvalue weighted by Crippen LogP contribution is -2.08. The van der Waals surface area contributed by atoms with E-state index < -0.39 is 5.82 Å². The second-order valence-electron chi connectivity index (χ2n) is 5.37. The molecule has 0 aromatic heterocycles. The van der Waals surface area contributed by atoms with E-state index in [1.807, 2.05) is 12.1 Å². The van der Waals surface area contributed by atoms with Crippen LogP contribution in [-0.4, -0.2) is 12.9 Å². The predicted octanol–water partition coefficient (Wildman–Crippen LogP) is 3.94. The third-order valence-electron chi connectivity index (χ3n) is 4.03. The molecule has 2 nitrogen and oxygen atoms in total. The van der Waals surface area contributed by atoms with Crippen LogP contribution in [-0.2, 0) is 12.8 Å². The SMILES string of the molecule is COc1ccc(C(=O)c2ccc3c(c2)CCCC3)c(F)c1. The molecule has 0 aliphatic heterocycles. The molecule has 0 amide bonds. The zero-order valence-electron chi connectivity index (χ0n) is 12.0. The van der Waals surface area contributed by atoms with Gasteiger partial charge in [0, 0.05) is 11.6 Å². The van der Waals surface area contributed by atoms with Gasteiger partial charge in [-0.3, -0.25) is 4.79 Å². The van der Waals surface area contributed by atoms with Gasteiger partial charge in [-0.1, -0.05) is 12.1 Å². The highest BCUT2D eigenvalue weighted by Crippen LogP contribution is 2.24. The van der Waals surface area contributed by atoms with Gasteiger partial charge < -0.3 is 4.74 Å². The van der Waals surface area contributed by atoms with Crippen LogP contribution in [0.5, 0.6) is 5.75 Å². The van der Waals surface area contributed by atoms with Gasteiger partial charge in [0.25, 0.3) is 0 Å². The van der Waals surface area contributed by atoms with Crippen molar-refractivity contribution in [3.8, 4) is 5.75 Å². The molecule has 0 saturated heterocycles. The summed E-state index contributed by atoms with van der Waals surface area (Å²) in [6, 6.07) is 10.1. The third-order valence-corrected chi connectivity index (χ3v) is 4.03. The average Bonchev–Trinajstić information content (AvgIpc) is 2.53. The second kappa shape index (κ2) is 5.68. The monoisotopic (exact) mass is 284 g/mol. The number of methoxy groups -OCH3 is 1. The highest BCUT2D eigenvalue weighted by atomic mass is 19.1. The van der Waals surface area contributed by atoms with E-state index in [2.05, 4.69) is 0 Å². The number of halogens is 1. The Balaban J connectivity index is 1.95. The summed E-state index contributed by atoms with van der Waals surface area (Å²) in [7, 11) is 1.47. The zero-order valence-corrected chi connectivity index (χ0v) is 12.0. The van der Waals surface area contributed by atoms with Crippen molar-refractivity contribution in [3.05, 3.63) is 64.5 Å². The van der Waals surface area contributed by atoms with Crippen molar-refractivity contribution in [2.45, 2.75) is 25.7 Å². The van der Waals surface area contributed by atoms with Crippen LogP contribution in [0, 0.1) is 5.82 Å². The second-order valence-corrected chi connectivity index (χ2v) is 5.37. The number of hydrogen-bond donors (Lipinski definition) is 0. The van der Waals surface area contributed by atoms with E-state index >= 15 is 0 Å². The van der Waals surface area contributed by atoms with Crippen LogP contribution in [0.4, 0.5) is 4.39 Å². The van der Waals surface area contributed by atoms with E-state index in [0.29, 0.717) is 11.3 Å². The van der Waals surface area contributed by atoms with Crippen LogP contribution >= 0.6 is 0 Å². The minimum atomic E-state index is -0.544. The van der Waals surface area contributed by atoms with Gasteiger partial charge in [0.1, 0.15) is 11.6 Å². The number of rotatable bonds is 3. The maximum atomic E-state index is 14.0. The summed E-state index contributed by atoms with van der Waals surface area (Å²) in [5.74, 6) is -0.407. The number of hydrogen-bond acceptors (Lipinski definition) is 2. The molecule has 0 atom stereocenters. The van der Waals surface area contributed by atoms with Crippen molar-refractivity contribution < 1.29 is 13.9 Å².